The quantitative estimate of drug-likeness (QED) is 0.310. The van der Waals surface area contributed by atoms with Crippen LogP contribution in [0.2, 0.25) is 0 Å². The lowest BCUT2D eigenvalue weighted by atomic mass is 10.1. The zero-order valence-corrected chi connectivity index (χ0v) is 18.3. The third-order valence-corrected chi connectivity index (χ3v) is 6.22. The Morgan fingerprint density at radius 2 is 1.83 bits per heavy atom. The largest absolute Gasteiger partial charge is 0.381 e. The van der Waals surface area contributed by atoms with Crippen LogP contribution in [0.25, 0.3) is 0 Å². The number of ether oxygens (including phenoxy) is 1. The van der Waals surface area contributed by atoms with E-state index in [1.807, 2.05) is 0 Å². The van der Waals surface area contributed by atoms with Crippen molar-refractivity contribution in [3.05, 3.63) is 0 Å². The van der Waals surface area contributed by atoms with Gasteiger partial charge in [0.15, 0.2) is 5.96 Å². The maximum Gasteiger partial charge on any atom is 0.225 e. The van der Waals surface area contributed by atoms with Crippen LogP contribution in [0.15, 0.2) is 4.99 Å². The number of piperazine rings is 1. The summed E-state index contributed by atoms with van der Waals surface area (Å²) < 4.78 is 5.67. The van der Waals surface area contributed by atoms with Crippen molar-refractivity contribution in [3.63, 3.8) is 0 Å². The number of nitrogens with one attached hydrogen (secondary N) is 2. The number of rotatable bonds is 11. The molecule has 0 unspecified atom stereocenters. The zero-order chi connectivity index (χ0) is 20.3. The number of aliphatic imine (C=N–C) groups is 1. The van der Waals surface area contributed by atoms with Crippen LogP contribution >= 0.6 is 0 Å². The fourth-order valence-corrected chi connectivity index (χ4v) is 4.19. The summed E-state index contributed by atoms with van der Waals surface area (Å²) in [5, 5.41) is 6.76. The molecule has 0 bridgehead atoms. The van der Waals surface area contributed by atoms with Gasteiger partial charge in [-0.05, 0) is 44.9 Å². The molecule has 166 valence electrons. The summed E-state index contributed by atoms with van der Waals surface area (Å²) >= 11 is 0. The Morgan fingerprint density at radius 3 is 2.52 bits per heavy atom. The molecular weight excluding hydrogens is 366 g/mol. The number of hydrogen-bond donors (Lipinski definition) is 2. The first-order valence-electron chi connectivity index (χ1n) is 11.9. The van der Waals surface area contributed by atoms with Crippen molar-refractivity contribution in [3.8, 4) is 0 Å². The molecule has 3 rings (SSSR count). The summed E-state index contributed by atoms with van der Waals surface area (Å²) in [6, 6.07) is 0. The molecule has 29 heavy (non-hydrogen) atoms. The van der Waals surface area contributed by atoms with Gasteiger partial charge in [-0.25, -0.2) is 0 Å². The van der Waals surface area contributed by atoms with Crippen molar-refractivity contribution in [1.29, 1.82) is 0 Å². The van der Waals surface area contributed by atoms with Gasteiger partial charge in [-0.2, -0.15) is 0 Å². The van der Waals surface area contributed by atoms with Crippen LogP contribution in [0.5, 0.6) is 0 Å². The molecule has 2 aliphatic carbocycles. The molecule has 3 aliphatic rings. The monoisotopic (exact) mass is 407 g/mol. The van der Waals surface area contributed by atoms with E-state index in [1.165, 1.54) is 25.7 Å². The zero-order valence-electron chi connectivity index (χ0n) is 18.3. The van der Waals surface area contributed by atoms with E-state index in [1.54, 1.807) is 0 Å². The van der Waals surface area contributed by atoms with Crippen molar-refractivity contribution < 1.29 is 9.53 Å². The van der Waals surface area contributed by atoms with E-state index in [2.05, 4.69) is 32.3 Å². The Kier molecular flexibility index (Phi) is 9.54. The van der Waals surface area contributed by atoms with Gasteiger partial charge in [0, 0.05) is 71.5 Å². The molecule has 1 saturated heterocycles. The van der Waals surface area contributed by atoms with Crippen LogP contribution in [-0.2, 0) is 9.53 Å². The summed E-state index contributed by atoms with van der Waals surface area (Å²) in [5.41, 5.74) is 0. The van der Waals surface area contributed by atoms with E-state index in [9.17, 15) is 4.79 Å². The Morgan fingerprint density at radius 1 is 1.07 bits per heavy atom. The second-order valence-corrected chi connectivity index (χ2v) is 8.71. The van der Waals surface area contributed by atoms with Gasteiger partial charge in [0.1, 0.15) is 0 Å². The Hall–Kier alpha value is -1.34. The fraction of sp³-hybridized carbons (Fsp3) is 0.909. The van der Waals surface area contributed by atoms with E-state index in [0.717, 1.165) is 96.7 Å². The second-order valence-electron chi connectivity index (χ2n) is 8.71. The highest BCUT2D eigenvalue weighted by atomic mass is 16.5. The first-order valence-corrected chi connectivity index (χ1v) is 11.9. The summed E-state index contributed by atoms with van der Waals surface area (Å²) in [7, 11) is 0. The van der Waals surface area contributed by atoms with Crippen molar-refractivity contribution in [2.45, 2.75) is 51.9 Å². The number of guanidine groups is 1. The summed E-state index contributed by atoms with van der Waals surface area (Å²) in [6.45, 7) is 11.1. The molecule has 0 aromatic rings. The van der Waals surface area contributed by atoms with E-state index in [-0.39, 0.29) is 0 Å². The van der Waals surface area contributed by atoms with Gasteiger partial charge >= 0.3 is 0 Å². The Bertz CT molecular complexity index is 509. The lowest BCUT2D eigenvalue weighted by molar-refractivity contribution is -0.137. The average molecular weight is 408 g/mol. The predicted molar refractivity (Wildman–Crippen MR) is 117 cm³/mol. The van der Waals surface area contributed by atoms with Crippen molar-refractivity contribution in [2.24, 2.45) is 16.8 Å². The molecule has 7 nitrogen and oxygen atoms in total. The Labute approximate surface area is 176 Å². The smallest absolute Gasteiger partial charge is 0.225 e. The highest BCUT2D eigenvalue weighted by Crippen LogP contribution is 2.28. The van der Waals surface area contributed by atoms with Gasteiger partial charge in [-0.1, -0.05) is 12.8 Å². The molecular formula is C22H41N5O2. The highest BCUT2D eigenvalue weighted by Gasteiger charge is 2.29. The van der Waals surface area contributed by atoms with Gasteiger partial charge in [-0.3, -0.25) is 14.7 Å². The van der Waals surface area contributed by atoms with Crippen molar-refractivity contribution >= 4 is 11.9 Å². The molecule has 0 aromatic heterocycles. The van der Waals surface area contributed by atoms with E-state index in [4.69, 9.17) is 4.74 Å². The lowest BCUT2D eigenvalue weighted by Gasteiger charge is -2.36. The normalized spacial score (nSPS) is 21.6. The predicted octanol–water partition coefficient (Wildman–Crippen LogP) is 1.69. The highest BCUT2D eigenvalue weighted by molar-refractivity contribution is 5.80. The minimum atomic E-state index is 0.307. The number of hydrogen-bond acceptors (Lipinski definition) is 4. The van der Waals surface area contributed by atoms with Crippen LogP contribution in [0.4, 0.5) is 0 Å². The van der Waals surface area contributed by atoms with E-state index in [0.29, 0.717) is 11.8 Å². The van der Waals surface area contributed by atoms with Gasteiger partial charge < -0.3 is 20.3 Å². The summed E-state index contributed by atoms with van der Waals surface area (Å²) in [6.07, 6.45) is 8.32. The number of carbonyl (C=O) groups is 1. The maximum atomic E-state index is 12.5. The minimum Gasteiger partial charge on any atom is -0.381 e. The molecule has 0 atom stereocenters. The van der Waals surface area contributed by atoms with Crippen LogP contribution in [0.1, 0.15) is 51.9 Å². The summed E-state index contributed by atoms with van der Waals surface area (Å²) in [5.74, 6) is 2.44. The van der Waals surface area contributed by atoms with Crippen molar-refractivity contribution in [2.75, 3.05) is 65.6 Å². The molecule has 7 heteroatoms. The lowest BCUT2D eigenvalue weighted by Crippen LogP contribution is -2.51. The third-order valence-electron chi connectivity index (χ3n) is 6.22. The van der Waals surface area contributed by atoms with Gasteiger partial charge in [0.2, 0.25) is 5.91 Å². The minimum absolute atomic E-state index is 0.307. The fourth-order valence-electron chi connectivity index (χ4n) is 4.19. The molecule has 3 fully saturated rings. The molecule has 1 amide bonds. The van der Waals surface area contributed by atoms with Gasteiger partial charge in [0.05, 0.1) is 0 Å². The van der Waals surface area contributed by atoms with E-state index < -0.39 is 0 Å². The molecule has 0 aromatic carbocycles. The van der Waals surface area contributed by atoms with Crippen LogP contribution in [0.3, 0.4) is 0 Å². The molecule has 0 radical (unpaired) electrons. The molecule has 0 spiro atoms. The van der Waals surface area contributed by atoms with Crippen LogP contribution in [0, 0.1) is 11.8 Å². The first kappa shape index (κ1) is 22.3. The topological polar surface area (TPSA) is 69.2 Å². The number of nitrogens with zero attached hydrogens (tertiary/aromatic N) is 3. The van der Waals surface area contributed by atoms with Crippen LogP contribution in [-0.4, -0.2) is 87.2 Å². The maximum absolute atomic E-state index is 12.5. The number of amides is 1. The van der Waals surface area contributed by atoms with Gasteiger partial charge in [0.25, 0.3) is 0 Å². The van der Waals surface area contributed by atoms with Crippen molar-refractivity contribution in [1.82, 2.24) is 20.4 Å². The second kappa shape index (κ2) is 12.4. The molecule has 2 N–H and O–H groups in total. The molecule has 1 aliphatic heterocycles. The Balaban J connectivity index is 1.26. The SMILES string of the molecule is CCNC(=NCCCOCC1CC1)NCCN1CCN(C(=O)C2CCCC2)CC1. The summed E-state index contributed by atoms with van der Waals surface area (Å²) in [4.78, 5) is 21.7. The average Bonchev–Trinajstić information content (AvgIpc) is 3.40. The number of carbonyl (C=O) groups excluding carboxylic acids is 1. The van der Waals surface area contributed by atoms with Crippen LogP contribution < -0.4 is 10.6 Å². The third kappa shape index (κ3) is 8.13. The van der Waals surface area contributed by atoms with E-state index >= 15 is 0 Å². The first-order chi connectivity index (χ1) is 14.3. The van der Waals surface area contributed by atoms with Gasteiger partial charge in [-0.15, -0.1) is 0 Å². The molecule has 1 heterocycles. The standard InChI is InChI=1S/C22H41N5O2/c1-2-23-22(24-10-5-17-29-18-19-8-9-19)25-11-12-26-13-15-27(16-14-26)21(28)20-6-3-4-7-20/h19-20H,2-18H2,1H3,(H2,23,24,25). The molecule has 2 saturated carbocycles.